The van der Waals surface area contributed by atoms with Gasteiger partial charge in [0, 0.05) is 31.7 Å². The molecule has 3 aromatic rings. The maximum absolute atomic E-state index is 13.6. The molecule has 6 rings (SSSR count). The lowest BCUT2D eigenvalue weighted by Crippen LogP contribution is -2.45. The number of piperidine rings is 1. The Morgan fingerprint density at radius 3 is 2.39 bits per heavy atom. The highest BCUT2D eigenvalue weighted by atomic mass is 16.3. The van der Waals surface area contributed by atoms with Crippen LogP contribution in [0.5, 0.6) is 0 Å². The summed E-state index contributed by atoms with van der Waals surface area (Å²) >= 11 is 0. The van der Waals surface area contributed by atoms with E-state index in [1.165, 1.54) is 10.9 Å². The van der Waals surface area contributed by atoms with E-state index in [0.29, 0.717) is 6.54 Å². The zero-order valence-electron chi connectivity index (χ0n) is 20.7. The van der Waals surface area contributed by atoms with E-state index in [2.05, 4.69) is 53.4 Å². The highest BCUT2D eigenvalue weighted by Crippen LogP contribution is 2.39. The summed E-state index contributed by atoms with van der Waals surface area (Å²) in [5.74, 6) is 0.0640. The van der Waals surface area contributed by atoms with Crippen LogP contribution in [0.3, 0.4) is 0 Å². The normalized spacial score (nSPS) is 24.0. The highest BCUT2D eigenvalue weighted by molar-refractivity contribution is 6.05. The van der Waals surface area contributed by atoms with E-state index < -0.39 is 11.5 Å². The molecule has 0 aromatic heterocycles. The number of aliphatic hydroxyl groups excluding tert-OH is 1. The average Bonchev–Trinajstić information content (AvgIpc) is 3.26. The Bertz CT molecular complexity index is 1320. The fourth-order valence-electron chi connectivity index (χ4n) is 6.68. The van der Waals surface area contributed by atoms with Crippen LogP contribution in [0.15, 0.2) is 60.7 Å². The molecule has 5 heteroatoms. The Labute approximate surface area is 212 Å². The van der Waals surface area contributed by atoms with Crippen LogP contribution in [0.25, 0.3) is 10.8 Å². The molecule has 3 aromatic carbocycles. The molecule has 1 saturated heterocycles. The zero-order chi connectivity index (χ0) is 24.7. The van der Waals surface area contributed by atoms with Crippen LogP contribution < -0.4 is 0 Å². The second-order valence-electron chi connectivity index (χ2n) is 10.8. The lowest BCUT2D eigenvalue weighted by atomic mass is 9.74. The third kappa shape index (κ3) is 3.89. The average molecular weight is 480 g/mol. The van der Waals surface area contributed by atoms with Crippen molar-refractivity contribution >= 4 is 16.7 Å². The van der Waals surface area contributed by atoms with Gasteiger partial charge in [-0.2, -0.15) is 5.26 Å². The van der Waals surface area contributed by atoms with E-state index in [0.717, 1.165) is 80.2 Å². The maximum Gasteiger partial charge on any atom is 0.254 e. The molecule has 1 saturated carbocycles. The van der Waals surface area contributed by atoms with Gasteiger partial charge in [0.2, 0.25) is 0 Å². The molecular weight excluding hydrogens is 446 g/mol. The first-order valence-electron chi connectivity index (χ1n) is 13.3. The van der Waals surface area contributed by atoms with Crippen LogP contribution in [0.2, 0.25) is 0 Å². The van der Waals surface area contributed by atoms with E-state index in [4.69, 9.17) is 0 Å². The van der Waals surface area contributed by atoms with Crippen LogP contribution >= 0.6 is 0 Å². The van der Waals surface area contributed by atoms with Crippen molar-refractivity contribution < 1.29 is 9.90 Å². The Morgan fingerprint density at radius 1 is 0.972 bits per heavy atom. The molecule has 0 unspecified atom stereocenters. The first kappa shape index (κ1) is 23.2. The first-order valence-corrected chi connectivity index (χ1v) is 13.3. The Kier molecular flexibility index (Phi) is 6.03. The number of nitriles is 1. The van der Waals surface area contributed by atoms with Gasteiger partial charge in [0.15, 0.2) is 0 Å². The minimum Gasteiger partial charge on any atom is -0.391 e. The predicted molar refractivity (Wildman–Crippen MR) is 140 cm³/mol. The minimum absolute atomic E-state index is 0.0640. The molecule has 1 aliphatic carbocycles. The van der Waals surface area contributed by atoms with Crippen LogP contribution in [0, 0.1) is 11.3 Å². The largest absolute Gasteiger partial charge is 0.391 e. The van der Waals surface area contributed by atoms with Crippen molar-refractivity contribution in [2.75, 3.05) is 13.1 Å². The predicted octanol–water partition coefficient (Wildman–Crippen LogP) is 5.16. The van der Waals surface area contributed by atoms with Gasteiger partial charge in [-0.3, -0.25) is 9.69 Å². The Balaban J connectivity index is 1.27. The van der Waals surface area contributed by atoms with Crippen LogP contribution in [-0.4, -0.2) is 46.0 Å². The molecule has 1 amide bonds. The molecule has 0 radical (unpaired) electrons. The molecule has 0 spiro atoms. The van der Waals surface area contributed by atoms with Crippen molar-refractivity contribution in [1.29, 1.82) is 5.26 Å². The number of rotatable bonds is 4. The molecule has 184 valence electrons. The fraction of sp³-hybridized carbons (Fsp3) is 0.419. The van der Waals surface area contributed by atoms with Crippen molar-refractivity contribution in [3.8, 4) is 6.07 Å². The van der Waals surface area contributed by atoms with Crippen molar-refractivity contribution in [2.45, 2.75) is 69.2 Å². The lowest BCUT2D eigenvalue weighted by Gasteiger charge is -2.37. The molecule has 1 N–H and O–H groups in total. The van der Waals surface area contributed by atoms with Crippen LogP contribution in [-0.2, 0) is 18.5 Å². The number of benzene rings is 3. The molecule has 0 bridgehead atoms. The van der Waals surface area contributed by atoms with Gasteiger partial charge in [0.25, 0.3) is 5.91 Å². The summed E-state index contributed by atoms with van der Waals surface area (Å²) in [7, 11) is 0. The van der Waals surface area contributed by atoms with E-state index in [9.17, 15) is 15.2 Å². The van der Waals surface area contributed by atoms with Gasteiger partial charge in [0.05, 0.1) is 23.6 Å². The quantitative estimate of drug-likeness (QED) is 0.562. The molecule has 2 heterocycles. The van der Waals surface area contributed by atoms with Gasteiger partial charge in [-0.15, -0.1) is 0 Å². The van der Waals surface area contributed by atoms with Crippen LogP contribution in [0.1, 0.15) is 65.6 Å². The fourth-order valence-corrected chi connectivity index (χ4v) is 6.68. The maximum atomic E-state index is 13.6. The number of aliphatic hydroxyl groups is 1. The number of carbonyl (C=O) groups excluding carboxylic acids is 1. The summed E-state index contributed by atoms with van der Waals surface area (Å²) < 4.78 is 0. The smallest absolute Gasteiger partial charge is 0.254 e. The van der Waals surface area contributed by atoms with Gasteiger partial charge in [0.1, 0.15) is 0 Å². The zero-order valence-corrected chi connectivity index (χ0v) is 20.7. The van der Waals surface area contributed by atoms with E-state index in [1.54, 1.807) is 0 Å². The second kappa shape index (κ2) is 9.35. The monoisotopic (exact) mass is 479 g/mol. The Morgan fingerprint density at radius 2 is 1.67 bits per heavy atom. The summed E-state index contributed by atoms with van der Waals surface area (Å²) in [4.78, 5) is 17.9. The summed E-state index contributed by atoms with van der Waals surface area (Å²) in [6.45, 7) is 3.05. The summed E-state index contributed by atoms with van der Waals surface area (Å²) in [5, 5.41) is 23.1. The van der Waals surface area contributed by atoms with Crippen molar-refractivity contribution in [2.24, 2.45) is 0 Å². The van der Waals surface area contributed by atoms with Gasteiger partial charge < -0.3 is 10.0 Å². The Hall–Kier alpha value is -3.20. The first-order chi connectivity index (χ1) is 17.6. The minimum atomic E-state index is -0.430. The third-order valence-corrected chi connectivity index (χ3v) is 8.80. The molecule has 2 fully saturated rings. The summed E-state index contributed by atoms with van der Waals surface area (Å²) in [6.07, 6.45) is 4.94. The highest BCUT2D eigenvalue weighted by Gasteiger charge is 2.39. The summed E-state index contributed by atoms with van der Waals surface area (Å²) in [6, 6.07) is 23.3. The molecule has 5 nitrogen and oxygen atoms in total. The van der Waals surface area contributed by atoms with Gasteiger partial charge >= 0.3 is 0 Å². The SMILES string of the molecule is N#CC1(c2ccccc2)CCN(Cc2cc3c(c4ccccc24)CN([C@H]2CCCC[C@@H]2O)C3=O)CC1. The number of hydrogen-bond acceptors (Lipinski definition) is 4. The van der Waals surface area contributed by atoms with Gasteiger partial charge in [-0.05, 0) is 59.2 Å². The van der Waals surface area contributed by atoms with Crippen molar-refractivity contribution in [1.82, 2.24) is 9.80 Å². The number of carbonyl (C=O) groups is 1. The lowest BCUT2D eigenvalue weighted by molar-refractivity contribution is 0.0192. The molecule has 2 atom stereocenters. The third-order valence-electron chi connectivity index (χ3n) is 8.80. The number of amides is 1. The number of hydrogen-bond donors (Lipinski definition) is 1. The molecule has 2 aliphatic heterocycles. The number of fused-ring (bicyclic) bond motifs is 3. The standard InChI is InChI=1S/C31H33N3O2/c32-21-31(23-8-2-1-3-9-23)14-16-33(17-15-31)19-22-18-26-27(25-11-5-4-10-24(22)25)20-34(30(26)36)28-12-6-7-13-29(28)35/h1-5,8-11,18,28-29,35H,6-7,12-17,19-20H2/t28-,29-/m0/s1. The second-order valence-corrected chi connectivity index (χ2v) is 10.8. The van der Waals surface area contributed by atoms with E-state index in [1.807, 2.05) is 23.1 Å². The van der Waals surface area contributed by atoms with E-state index >= 15 is 0 Å². The molecule has 36 heavy (non-hydrogen) atoms. The van der Waals surface area contributed by atoms with E-state index in [-0.39, 0.29) is 11.9 Å². The van der Waals surface area contributed by atoms with Crippen molar-refractivity contribution in [3.05, 3.63) is 82.9 Å². The number of nitrogens with zero attached hydrogens (tertiary/aromatic N) is 3. The van der Waals surface area contributed by atoms with Gasteiger partial charge in [-0.1, -0.05) is 67.4 Å². The van der Waals surface area contributed by atoms with Gasteiger partial charge in [-0.25, -0.2) is 0 Å². The molecular formula is C31H33N3O2. The number of likely N-dealkylation sites (tertiary alicyclic amines) is 1. The van der Waals surface area contributed by atoms with Crippen molar-refractivity contribution in [3.63, 3.8) is 0 Å². The summed E-state index contributed by atoms with van der Waals surface area (Å²) in [5.41, 5.74) is 3.77. The topological polar surface area (TPSA) is 67.6 Å². The van der Waals surface area contributed by atoms with Crippen LogP contribution in [0.4, 0.5) is 0 Å². The molecule has 3 aliphatic rings.